The van der Waals surface area contributed by atoms with Crippen molar-refractivity contribution < 1.29 is 9.53 Å². The Labute approximate surface area is 115 Å². The van der Waals surface area contributed by atoms with E-state index in [4.69, 9.17) is 4.74 Å². The van der Waals surface area contributed by atoms with Gasteiger partial charge in [-0.3, -0.25) is 4.79 Å². The van der Waals surface area contributed by atoms with Gasteiger partial charge < -0.3 is 10.1 Å². The largest absolute Gasteiger partial charge is 0.376 e. The molecular formula is C10H11Br2NO2S. The predicted molar refractivity (Wildman–Crippen MR) is 71.0 cm³/mol. The zero-order valence-electron chi connectivity index (χ0n) is 8.46. The highest BCUT2D eigenvalue weighted by molar-refractivity contribution is 9.13. The van der Waals surface area contributed by atoms with E-state index < -0.39 is 0 Å². The van der Waals surface area contributed by atoms with Gasteiger partial charge in [0.1, 0.15) is 0 Å². The maximum absolute atomic E-state index is 11.8. The molecule has 1 amide bonds. The zero-order valence-corrected chi connectivity index (χ0v) is 12.5. The van der Waals surface area contributed by atoms with Gasteiger partial charge in [-0.2, -0.15) is 0 Å². The summed E-state index contributed by atoms with van der Waals surface area (Å²) in [4.78, 5) is 12.5. The molecule has 16 heavy (non-hydrogen) atoms. The Morgan fingerprint density at radius 3 is 3.00 bits per heavy atom. The van der Waals surface area contributed by atoms with E-state index in [1.807, 2.05) is 6.07 Å². The predicted octanol–water partition coefficient (Wildman–Crippen LogP) is 3.18. The van der Waals surface area contributed by atoms with Crippen LogP contribution in [0.1, 0.15) is 22.5 Å². The van der Waals surface area contributed by atoms with Crippen LogP contribution >= 0.6 is 43.2 Å². The van der Waals surface area contributed by atoms with Crippen LogP contribution in [0.3, 0.4) is 0 Å². The molecule has 1 aliphatic rings. The lowest BCUT2D eigenvalue weighted by molar-refractivity contribution is 0.0861. The molecule has 1 N–H and O–H groups in total. The number of carbonyl (C=O) groups is 1. The van der Waals surface area contributed by atoms with E-state index in [0.717, 1.165) is 27.7 Å². The number of nitrogens with one attached hydrogen (secondary N) is 1. The van der Waals surface area contributed by atoms with Gasteiger partial charge in [0.2, 0.25) is 0 Å². The Bertz CT molecular complexity index is 369. The fourth-order valence-corrected chi connectivity index (χ4v) is 3.51. The van der Waals surface area contributed by atoms with Crippen LogP contribution in [0.2, 0.25) is 0 Å². The second kappa shape index (κ2) is 5.62. The summed E-state index contributed by atoms with van der Waals surface area (Å²) in [5.41, 5.74) is 0. The van der Waals surface area contributed by atoms with Gasteiger partial charge in [-0.25, -0.2) is 0 Å². The molecule has 1 aliphatic heterocycles. The molecule has 88 valence electrons. The summed E-state index contributed by atoms with van der Waals surface area (Å²) in [6.45, 7) is 1.42. The molecule has 0 bridgehead atoms. The topological polar surface area (TPSA) is 38.3 Å². The number of hydrogen-bond donors (Lipinski definition) is 1. The van der Waals surface area contributed by atoms with Crippen LogP contribution in [-0.4, -0.2) is 25.2 Å². The molecule has 1 fully saturated rings. The van der Waals surface area contributed by atoms with E-state index in [1.54, 1.807) is 0 Å². The van der Waals surface area contributed by atoms with E-state index in [1.165, 1.54) is 11.3 Å². The molecule has 2 rings (SSSR count). The molecule has 1 atom stereocenters. The van der Waals surface area contributed by atoms with Crippen LogP contribution in [0.15, 0.2) is 14.3 Å². The van der Waals surface area contributed by atoms with Gasteiger partial charge >= 0.3 is 0 Å². The summed E-state index contributed by atoms with van der Waals surface area (Å²) in [6, 6.07) is 1.82. The minimum Gasteiger partial charge on any atom is -0.376 e. The summed E-state index contributed by atoms with van der Waals surface area (Å²) in [7, 11) is 0. The molecule has 0 radical (unpaired) electrons. The van der Waals surface area contributed by atoms with Gasteiger partial charge in [0.25, 0.3) is 5.91 Å². The van der Waals surface area contributed by atoms with Crippen molar-refractivity contribution in [1.29, 1.82) is 0 Å². The maximum Gasteiger partial charge on any atom is 0.261 e. The number of amides is 1. The molecule has 0 spiro atoms. The lowest BCUT2D eigenvalue weighted by Crippen LogP contribution is -2.31. The summed E-state index contributed by atoms with van der Waals surface area (Å²) >= 11 is 8.15. The van der Waals surface area contributed by atoms with Crippen molar-refractivity contribution in [3.63, 3.8) is 0 Å². The molecule has 3 nitrogen and oxygen atoms in total. The smallest absolute Gasteiger partial charge is 0.261 e. The van der Waals surface area contributed by atoms with E-state index in [9.17, 15) is 4.79 Å². The lowest BCUT2D eigenvalue weighted by Gasteiger charge is -2.09. The number of halogens is 2. The molecule has 0 aromatic carbocycles. The van der Waals surface area contributed by atoms with Crippen molar-refractivity contribution in [1.82, 2.24) is 5.32 Å². The van der Waals surface area contributed by atoms with Crippen molar-refractivity contribution in [2.75, 3.05) is 13.2 Å². The first-order valence-corrected chi connectivity index (χ1v) is 7.41. The summed E-state index contributed by atoms with van der Waals surface area (Å²) < 4.78 is 7.29. The first-order chi connectivity index (χ1) is 7.66. The Morgan fingerprint density at radius 1 is 1.62 bits per heavy atom. The molecule has 1 saturated heterocycles. The number of thiophene rings is 1. The van der Waals surface area contributed by atoms with Crippen LogP contribution < -0.4 is 5.32 Å². The number of rotatable bonds is 3. The molecule has 1 aromatic heterocycles. The van der Waals surface area contributed by atoms with Crippen LogP contribution in [0.25, 0.3) is 0 Å². The molecule has 2 heterocycles. The number of ether oxygens (including phenoxy) is 1. The number of hydrogen-bond acceptors (Lipinski definition) is 3. The standard InChI is InChI=1S/C10H11Br2NO2S/c11-7-4-8(16-9(7)12)10(14)13-5-6-2-1-3-15-6/h4,6H,1-3,5H2,(H,13,14)/t6-/m0/s1. The summed E-state index contributed by atoms with van der Waals surface area (Å²) in [5.74, 6) is -0.0353. The fraction of sp³-hybridized carbons (Fsp3) is 0.500. The minimum absolute atomic E-state index is 0.0353. The molecule has 1 aromatic rings. The minimum atomic E-state index is -0.0353. The average Bonchev–Trinajstić information content (AvgIpc) is 2.86. The number of carbonyl (C=O) groups excluding carboxylic acids is 1. The third-order valence-electron chi connectivity index (χ3n) is 2.38. The van der Waals surface area contributed by atoms with Crippen LogP contribution in [-0.2, 0) is 4.74 Å². The van der Waals surface area contributed by atoms with Crippen molar-refractivity contribution in [2.24, 2.45) is 0 Å². The molecule has 0 unspecified atom stereocenters. The Hall–Kier alpha value is 0.0900. The average molecular weight is 369 g/mol. The fourth-order valence-electron chi connectivity index (χ4n) is 1.56. The first kappa shape index (κ1) is 12.5. The van der Waals surface area contributed by atoms with Gasteiger partial charge in [-0.15, -0.1) is 11.3 Å². The highest BCUT2D eigenvalue weighted by Crippen LogP contribution is 2.32. The molecule has 0 aliphatic carbocycles. The second-order valence-electron chi connectivity index (χ2n) is 3.58. The zero-order chi connectivity index (χ0) is 11.5. The van der Waals surface area contributed by atoms with Gasteiger partial charge in [0.05, 0.1) is 14.8 Å². The SMILES string of the molecule is O=C(NC[C@@H]1CCCO1)c1cc(Br)c(Br)s1. The molecular weight excluding hydrogens is 358 g/mol. The van der Waals surface area contributed by atoms with Gasteiger partial charge in [-0.05, 0) is 50.8 Å². The first-order valence-electron chi connectivity index (χ1n) is 5.01. The van der Waals surface area contributed by atoms with E-state index >= 15 is 0 Å². The molecule has 0 saturated carbocycles. The quantitative estimate of drug-likeness (QED) is 0.889. The normalized spacial score (nSPS) is 20.0. The Balaban J connectivity index is 1.87. The van der Waals surface area contributed by atoms with E-state index in [2.05, 4.69) is 37.2 Å². The van der Waals surface area contributed by atoms with Crippen LogP contribution in [0.4, 0.5) is 0 Å². The van der Waals surface area contributed by atoms with Gasteiger partial charge in [0.15, 0.2) is 0 Å². The van der Waals surface area contributed by atoms with Crippen molar-refractivity contribution in [3.8, 4) is 0 Å². The van der Waals surface area contributed by atoms with Crippen molar-refractivity contribution >= 4 is 49.1 Å². The van der Waals surface area contributed by atoms with E-state index in [0.29, 0.717) is 11.4 Å². The maximum atomic E-state index is 11.8. The van der Waals surface area contributed by atoms with Crippen molar-refractivity contribution in [3.05, 3.63) is 19.2 Å². The second-order valence-corrected chi connectivity index (χ2v) is 6.80. The van der Waals surface area contributed by atoms with Crippen LogP contribution in [0, 0.1) is 0 Å². The highest BCUT2D eigenvalue weighted by Gasteiger charge is 2.17. The summed E-state index contributed by atoms with van der Waals surface area (Å²) in [6.07, 6.45) is 2.32. The van der Waals surface area contributed by atoms with Crippen LogP contribution in [0.5, 0.6) is 0 Å². The molecule has 6 heteroatoms. The lowest BCUT2D eigenvalue weighted by atomic mass is 10.2. The Morgan fingerprint density at radius 2 is 2.44 bits per heavy atom. The van der Waals surface area contributed by atoms with E-state index in [-0.39, 0.29) is 12.0 Å². The Kier molecular flexibility index (Phi) is 4.41. The monoisotopic (exact) mass is 367 g/mol. The third-order valence-corrected chi connectivity index (χ3v) is 5.64. The van der Waals surface area contributed by atoms with Gasteiger partial charge in [-0.1, -0.05) is 0 Å². The highest BCUT2D eigenvalue weighted by atomic mass is 79.9. The summed E-state index contributed by atoms with van der Waals surface area (Å²) in [5, 5.41) is 2.89. The third kappa shape index (κ3) is 3.06. The van der Waals surface area contributed by atoms with Gasteiger partial charge in [0, 0.05) is 17.6 Å². The van der Waals surface area contributed by atoms with Crippen molar-refractivity contribution in [2.45, 2.75) is 18.9 Å².